The molecule has 0 aliphatic rings. The molecule has 0 spiro atoms. The van der Waals surface area contributed by atoms with E-state index in [4.69, 9.17) is 5.73 Å². The van der Waals surface area contributed by atoms with Crippen LogP contribution >= 0.6 is 28.3 Å². The number of rotatable bonds is 4. The zero-order valence-electron chi connectivity index (χ0n) is 9.94. The first-order valence-electron chi connectivity index (χ1n) is 5.29. The fraction of sp³-hybridized carbons (Fsp3) is 0.417. The number of hydrogen-bond acceptors (Lipinski definition) is 2. The molecule has 1 amide bonds. The van der Waals surface area contributed by atoms with Crippen LogP contribution in [0.2, 0.25) is 0 Å². The maximum Gasteiger partial charge on any atom is 0.222 e. The molecule has 0 heterocycles. The van der Waals surface area contributed by atoms with E-state index in [-0.39, 0.29) is 30.4 Å². The third-order valence-electron chi connectivity index (χ3n) is 2.23. The standard InChI is InChI=1S/C12H17BrN2O.ClH/c1-8(14)6-12(16)15-9(2)10-4-3-5-11(13)7-10;/h3-5,7-9H,6,14H2,1-2H3,(H,15,16);1H. The van der Waals surface area contributed by atoms with Crippen molar-refractivity contribution in [3.05, 3.63) is 34.3 Å². The predicted molar refractivity (Wildman–Crippen MR) is 76.2 cm³/mol. The lowest BCUT2D eigenvalue weighted by atomic mass is 10.1. The van der Waals surface area contributed by atoms with Gasteiger partial charge in [-0.05, 0) is 31.5 Å². The monoisotopic (exact) mass is 320 g/mol. The first kappa shape index (κ1) is 16.4. The van der Waals surface area contributed by atoms with Crippen LogP contribution in [0.3, 0.4) is 0 Å². The van der Waals surface area contributed by atoms with Gasteiger partial charge in [-0.1, -0.05) is 28.1 Å². The molecular weight excluding hydrogens is 304 g/mol. The highest BCUT2D eigenvalue weighted by atomic mass is 79.9. The van der Waals surface area contributed by atoms with Crippen molar-refractivity contribution in [2.45, 2.75) is 32.4 Å². The Kier molecular flexibility index (Phi) is 7.43. The van der Waals surface area contributed by atoms with Crippen molar-refractivity contribution in [2.24, 2.45) is 5.73 Å². The van der Waals surface area contributed by atoms with E-state index in [0.717, 1.165) is 10.0 Å². The van der Waals surface area contributed by atoms with Gasteiger partial charge in [0.25, 0.3) is 0 Å². The Hall–Kier alpha value is -0.580. The van der Waals surface area contributed by atoms with Crippen molar-refractivity contribution in [1.82, 2.24) is 5.32 Å². The van der Waals surface area contributed by atoms with Crippen LogP contribution in [0.15, 0.2) is 28.7 Å². The van der Waals surface area contributed by atoms with Crippen LogP contribution in [-0.2, 0) is 4.79 Å². The lowest BCUT2D eigenvalue weighted by Crippen LogP contribution is -2.31. The van der Waals surface area contributed by atoms with E-state index in [2.05, 4.69) is 21.2 Å². The molecule has 0 aliphatic carbocycles. The highest BCUT2D eigenvalue weighted by Crippen LogP contribution is 2.17. The Morgan fingerprint density at radius 1 is 1.47 bits per heavy atom. The molecule has 0 radical (unpaired) electrons. The summed E-state index contributed by atoms with van der Waals surface area (Å²) in [5.74, 6) is -0.0116. The summed E-state index contributed by atoms with van der Waals surface area (Å²) in [5.41, 5.74) is 6.64. The molecule has 5 heteroatoms. The van der Waals surface area contributed by atoms with Gasteiger partial charge in [0.1, 0.15) is 0 Å². The molecule has 0 saturated carbocycles. The number of hydrogen-bond donors (Lipinski definition) is 2. The van der Waals surface area contributed by atoms with E-state index >= 15 is 0 Å². The Labute approximate surface area is 117 Å². The SMILES string of the molecule is CC(N)CC(=O)NC(C)c1cccc(Br)c1.Cl. The Bertz CT molecular complexity index is 371. The summed E-state index contributed by atoms with van der Waals surface area (Å²) in [7, 11) is 0. The fourth-order valence-corrected chi connectivity index (χ4v) is 1.87. The molecule has 0 fully saturated rings. The topological polar surface area (TPSA) is 55.1 Å². The van der Waals surface area contributed by atoms with Gasteiger partial charge in [-0.3, -0.25) is 4.79 Å². The molecule has 1 aromatic rings. The van der Waals surface area contributed by atoms with Gasteiger partial charge < -0.3 is 11.1 Å². The molecule has 0 aliphatic heterocycles. The summed E-state index contributed by atoms with van der Waals surface area (Å²) < 4.78 is 1.01. The molecule has 2 unspecified atom stereocenters. The third-order valence-corrected chi connectivity index (χ3v) is 2.73. The zero-order chi connectivity index (χ0) is 12.1. The van der Waals surface area contributed by atoms with Crippen molar-refractivity contribution in [1.29, 1.82) is 0 Å². The fourth-order valence-electron chi connectivity index (χ4n) is 1.45. The highest BCUT2D eigenvalue weighted by molar-refractivity contribution is 9.10. The second-order valence-electron chi connectivity index (χ2n) is 4.03. The maximum atomic E-state index is 11.5. The minimum Gasteiger partial charge on any atom is -0.350 e. The Morgan fingerprint density at radius 2 is 2.12 bits per heavy atom. The summed E-state index contributed by atoms with van der Waals surface area (Å²) in [6.07, 6.45) is 0.359. The van der Waals surface area contributed by atoms with E-state index in [1.165, 1.54) is 0 Å². The van der Waals surface area contributed by atoms with Gasteiger partial charge in [-0.15, -0.1) is 12.4 Å². The molecule has 0 bridgehead atoms. The molecule has 96 valence electrons. The summed E-state index contributed by atoms with van der Waals surface area (Å²) in [5, 5.41) is 2.91. The van der Waals surface area contributed by atoms with Crippen molar-refractivity contribution in [3.63, 3.8) is 0 Å². The van der Waals surface area contributed by atoms with Crippen molar-refractivity contribution >= 4 is 34.2 Å². The van der Waals surface area contributed by atoms with E-state index in [9.17, 15) is 4.79 Å². The summed E-state index contributed by atoms with van der Waals surface area (Å²) >= 11 is 3.40. The second kappa shape index (κ2) is 7.69. The van der Waals surface area contributed by atoms with Crippen LogP contribution in [-0.4, -0.2) is 11.9 Å². The zero-order valence-corrected chi connectivity index (χ0v) is 12.3. The third kappa shape index (κ3) is 6.05. The lowest BCUT2D eigenvalue weighted by Gasteiger charge is -2.15. The molecule has 17 heavy (non-hydrogen) atoms. The maximum absolute atomic E-state index is 11.5. The van der Waals surface area contributed by atoms with Crippen LogP contribution in [0.5, 0.6) is 0 Å². The van der Waals surface area contributed by atoms with Crippen molar-refractivity contribution in [3.8, 4) is 0 Å². The van der Waals surface area contributed by atoms with E-state index in [0.29, 0.717) is 6.42 Å². The minimum atomic E-state index is -0.102. The van der Waals surface area contributed by atoms with Gasteiger partial charge in [0.2, 0.25) is 5.91 Å². The molecule has 3 N–H and O–H groups in total. The van der Waals surface area contributed by atoms with Gasteiger partial charge in [0.15, 0.2) is 0 Å². The number of nitrogens with one attached hydrogen (secondary N) is 1. The van der Waals surface area contributed by atoms with Crippen LogP contribution in [0, 0.1) is 0 Å². The normalized spacial score (nSPS) is 13.4. The lowest BCUT2D eigenvalue weighted by molar-refractivity contribution is -0.122. The summed E-state index contributed by atoms with van der Waals surface area (Å²) in [6.45, 7) is 3.78. The van der Waals surface area contributed by atoms with E-state index < -0.39 is 0 Å². The second-order valence-corrected chi connectivity index (χ2v) is 4.94. The van der Waals surface area contributed by atoms with Crippen molar-refractivity contribution < 1.29 is 4.79 Å². The smallest absolute Gasteiger partial charge is 0.222 e. The van der Waals surface area contributed by atoms with Gasteiger partial charge in [0.05, 0.1) is 6.04 Å². The quantitative estimate of drug-likeness (QED) is 0.896. The number of amides is 1. The van der Waals surface area contributed by atoms with Crippen LogP contribution < -0.4 is 11.1 Å². The Balaban J connectivity index is 0.00000256. The van der Waals surface area contributed by atoms with Gasteiger partial charge >= 0.3 is 0 Å². The molecule has 1 rings (SSSR count). The van der Waals surface area contributed by atoms with Crippen LogP contribution in [0.25, 0.3) is 0 Å². The number of benzene rings is 1. The predicted octanol–water partition coefficient (Wildman–Crippen LogP) is 2.79. The molecular formula is C12H18BrClN2O. The molecule has 2 atom stereocenters. The number of carbonyl (C=O) groups excluding carboxylic acids is 1. The van der Waals surface area contributed by atoms with Gasteiger partial charge in [-0.25, -0.2) is 0 Å². The number of nitrogens with two attached hydrogens (primary N) is 1. The first-order valence-corrected chi connectivity index (χ1v) is 6.08. The van der Waals surface area contributed by atoms with Crippen LogP contribution in [0.1, 0.15) is 31.9 Å². The first-order chi connectivity index (χ1) is 7.49. The summed E-state index contributed by atoms with van der Waals surface area (Å²) in [4.78, 5) is 11.5. The van der Waals surface area contributed by atoms with Crippen molar-refractivity contribution in [2.75, 3.05) is 0 Å². The number of halogens is 2. The van der Waals surface area contributed by atoms with E-state index in [1.807, 2.05) is 38.1 Å². The molecule has 1 aromatic carbocycles. The summed E-state index contributed by atoms with van der Waals surface area (Å²) in [6, 6.07) is 7.80. The average molecular weight is 322 g/mol. The Morgan fingerprint density at radius 3 is 2.65 bits per heavy atom. The largest absolute Gasteiger partial charge is 0.350 e. The minimum absolute atomic E-state index is 0. The number of carbonyl (C=O) groups is 1. The van der Waals surface area contributed by atoms with E-state index in [1.54, 1.807) is 0 Å². The van der Waals surface area contributed by atoms with Crippen LogP contribution in [0.4, 0.5) is 0 Å². The molecule has 0 saturated heterocycles. The van der Waals surface area contributed by atoms with Gasteiger partial charge in [0, 0.05) is 16.9 Å². The van der Waals surface area contributed by atoms with Gasteiger partial charge in [-0.2, -0.15) is 0 Å². The highest BCUT2D eigenvalue weighted by Gasteiger charge is 2.10. The average Bonchev–Trinajstić information content (AvgIpc) is 2.16. The molecule has 3 nitrogen and oxygen atoms in total. The molecule has 0 aromatic heterocycles.